The van der Waals surface area contributed by atoms with Crippen LogP contribution in [-0.2, 0) is 5.41 Å². The van der Waals surface area contributed by atoms with Crippen molar-refractivity contribution in [1.29, 1.82) is 0 Å². The second-order valence-electron chi connectivity index (χ2n) is 4.74. The molecular weight excluding hydrogens is 231 g/mol. The van der Waals surface area contributed by atoms with Crippen molar-refractivity contribution >= 4 is 23.2 Å². The molecule has 2 aliphatic rings. The van der Waals surface area contributed by atoms with Gasteiger partial charge in [-0.25, -0.2) is 4.98 Å². The SMILES string of the molecule is NC1(C2(c3cc(Cl)nc(Cl)c3)CC2)CC1. The molecule has 4 heteroatoms. The number of hydrogen-bond donors (Lipinski definition) is 1. The second kappa shape index (κ2) is 2.88. The maximum Gasteiger partial charge on any atom is 0.131 e. The van der Waals surface area contributed by atoms with Crippen LogP contribution in [0.4, 0.5) is 0 Å². The fourth-order valence-electron chi connectivity index (χ4n) is 2.55. The van der Waals surface area contributed by atoms with Crippen molar-refractivity contribution in [2.75, 3.05) is 0 Å². The number of halogens is 2. The van der Waals surface area contributed by atoms with Crippen LogP contribution >= 0.6 is 23.2 Å². The summed E-state index contributed by atoms with van der Waals surface area (Å²) < 4.78 is 0. The number of hydrogen-bond acceptors (Lipinski definition) is 2. The van der Waals surface area contributed by atoms with Crippen molar-refractivity contribution in [2.24, 2.45) is 5.73 Å². The van der Waals surface area contributed by atoms with Gasteiger partial charge in [0, 0.05) is 11.0 Å². The molecule has 2 aliphatic carbocycles. The topological polar surface area (TPSA) is 38.9 Å². The Bertz CT molecular complexity index is 402. The Balaban J connectivity index is 2.06. The molecule has 2 saturated carbocycles. The Kier molecular flexibility index (Phi) is 1.89. The van der Waals surface area contributed by atoms with E-state index in [0.717, 1.165) is 25.7 Å². The minimum Gasteiger partial charge on any atom is -0.324 e. The lowest BCUT2D eigenvalue weighted by Gasteiger charge is -2.23. The van der Waals surface area contributed by atoms with Crippen molar-refractivity contribution in [3.8, 4) is 0 Å². The zero-order chi connectivity index (χ0) is 10.7. The molecule has 0 bridgehead atoms. The van der Waals surface area contributed by atoms with E-state index in [0.29, 0.717) is 10.3 Å². The third kappa shape index (κ3) is 1.39. The lowest BCUT2D eigenvalue weighted by molar-refractivity contribution is 0.503. The van der Waals surface area contributed by atoms with E-state index in [4.69, 9.17) is 28.9 Å². The monoisotopic (exact) mass is 242 g/mol. The van der Waals surface area contributed by atoms with Crippen LogP contribution in [-0.4, -0.2) is 10.5 Å². The van der Waals surface area contributed by atoms with Gasteiger partial charge in [0.25, 0.3) is 0 Å². The first-order chi connectivity index (χ1) is 7.06. The molecular formula is C11H12Cl2N2. The Hall–Kier alpha value is -0.310. The summed E-state index contributed by atoms with van der Waals surface area (Å²) in [5.41, 5.74) is 7.63. The first-order valence-corrected chi connectivity index (χ1v) is 5.94. The Labute approximate surface area is 98.8 Å². The van der Waals surface area contributed by atoms with E-state index in [1.54, 1.807) is 0 Å². The Morgan fingerprint density at radius 1 is 1.07 bits per heavy atom. The summed E-state index contributed by atoms with van der Waals surface area (Å²) in [5.74, 6) is 0. The average Bonchev–Trinajstić information content (AvgIpc) is 2.96. The van der Waals surface area contributed by atoms with Crippen molar-refractivity contribution < 1.29 is 0 Å². The minimum absolute atomic E-state index is 0.00100. The van der Waals surface area contributed by atoms with E-state index in [9.17, 15) is 0 Å². The van der Waals surface area contributed by atoms with E-state index >= 15 is 0 Å². The molecule has 0 atom stereocenters. The highest BCUT2D eigenvalue weighted by Gasteiger charge is 2.64. The quantitative estimate of drug-likeness (QED) is 0.811. The standard InChI is InChI=1S/C11H12Cl2N2/c12-8-5-7(6-9(13)15-8)10(1-2-10)11(14)3-4-11/h5-6H,1-4,14H2. The molecule has 80 valence electrons. The third-order valence-corrected chi connectivity index (χ3v) is 4.19. The van der Waals surface area contributed by atoms with Crippen molar-refractivity contribution in [3.05, 3.63) is 28.0 Å². The molecule has 0 radical (unpaired) electrons. The summed E-state index contributed by atoms with van der Waals surface area (Å²) in [6.45, 7) is 0. The van der Waals surface area contributed by atoms with Crippen LogP contribution in [0.15, 0.2) is 12.1 Å². The molecule has 0 unspecified atom stereocenters. The summed E-state index contributed by atoms with van der Waals surface area (Å²) in [7, 11) is 0. The maximum absolute atomic E-state index is 6.31. The zero-order valence-corrected chi connectivity index (χ0v) is 9.78. The maximum atomic E-state index is 6.31. The molecule has 1 heterocycles. The van der Waals surface area contributed by atoms with Crippen LogP contribution in [0.1, 0.15) is 31.2 Å². The van der Waals surface area contributed by atoms with Gasteiger partial charge >= 0.3 is 0 Å². The van der Waals surface area contributed by atoms with Crippen LogP contribution in [0, 0.1) is 0 Å². The smallest absolute Gasteiger partial charge is 0.131 e. The summed E-state index contributed by atoms with van der Waals surface area (Å²) in [6, 6.07) is 3.82. The second-order valence-corrected chi connectivity index (χ2v) is 5.51. The molecule has 0 spiro atoms. The highest BCUT2D eigenvalue weighted by atomic mass is 35.5. The summed E-state index contributed by atoms with van der Waals surface area (Å²) in [4.78, 5) is 3.97. The van der Waals surface area contributed by atoms with Crippen LogP contribution < -0.4 is 5.73 Å². The normalized spacial score (nSPS) is 25.0. The minimum atomic E-state index is 0.00100. The van der Waals surface area contributed by atoms with E-state index in [2.05, 4.69) is 4.98 Å². The van der Waals surface area contributed by atoms with Crippen LogP contribution in [0.3, 0.4) is 0 Å². The van der Waals surface area contributed by atoms with Gasteiger partial charge < -0.3 is 5.73 Å². The fraction of sp³-hybridized carbons (Fsp3) is 0.545. The number of nitrogens with two attached hydrogens (primary N) is 1. The molecule has 1 aromatic rings. The van der Waals surface area contributed by atoms with Gasteiger partial charge in [0.05, 0.1) is 0 Å². The van der Waals surface area contributed by atoms with Crippen molar-refractivity contribution in [3.63, 3.8) is 0 Å². The van der Waals surface area contributed by atoms with E-state index in [1.165, 1.54) is 5.56 Å². The van der Waals surface area contributed by atoms with Crippen LogP contribution in [0.25, 0.3) is 0 Å². The van der Waals surface area contributed by atoms with Gasteiger partial charge in [-0.1, -0.05) is 23.2 Å². The van der Waals surface area contributed by atoms with Gasteiger partial charge in [-0.15, -0.1) is 0 Å². The van der Waals surface area contributed by atoms with Gasteiger partial charge in [0.15, 0.2) is 0 Å². The average molecular weight is 243 g/mol. The predicted molar refractivity (Wildman–Crippen MR) is 61.3 cm³/mol. The summed E-state index contributed by atoms with van der Waals surface area (Å²) in [6.07, 6.45) is 4.54. The molecule has 2 nitrogen and oxygen atoms in total. The Morgan fingerprint density at radius 2 is 1.60 bits per heavy atom. The number of aromatic nitrogens is 1. The molecule has 0 aliphatic heterocycles. The van der Waals surface area contributed by atoms with Gasteiger partial charge in [-0.3, -0.25) is 0 Å². The first kappa shape index (κ1) is 9.88. The lowest BCUT2D eigenvalue weighted by Crippen LogP contribution is -2.37. The number of rotatable bonds is 2. The molecule has 0 saturated heterocycles. The third-order valence-electron chi connectivity index (χ3n) is 3.81. The van der Waals surface area contributed by atoms with E-state index < -0.39 is 0 Å². The molecule has 1 aromatic heterocycles. The first-order valence-electron chi connectivity index (χ1n) is 5.18. The number of nitrogens with zero attached hydrogens (tertiary/aromatic N) is 1. The van der Waals surface area contributed by atoms with Crippen molar-refractivity contribution in [1.82, 2.24) is 4.98 Å². The van der Waals surface area contributed by atoms with E-state index in [-0.39, 0.29) is 11.0 Å². The highest BCUT2D eigenvalue weighted by Crippen LogP contribution is 2.63. The van der Waals surface area contributed by atoms with Crippen LogP contribution in [0.2, 0.25) is 10.3 Å². The van der Waals surface area contributed by atoms with Gasteiger partial charge in [-0.2, -0.15) is 0 Å². The molecule has 0 aromatic carbocycles. The van der Waals surface area contributed by atoms with Gasteiger partial charge in [-0.05, 0) is 43.4 Å². The number of pyridine rings is 1. The molecule has 0 amide bonds. The van der Waals surface area contributed by atoms with Crippen LogP contribution in [0.5, 0.6) is 0 Å². The lowest BCUT2D eigenvalue weighted by atomic mass is 9.87. The van der Waals surface area contributed by atoms with Crippen molar-refractivity contribution in [2.45, 2.75) is 36.6 Å². The molecule has 3 rings (SSSR count). The highest BCUT2D eigenvalue weighted by molar-refractivity contribution is 6.32. The predicted octanol–water partition coefficient (Wildman–Crippen LogP) is 2.91. The van der Waals surface area contributed by atoms with Gasteiger partial charge in [0.1, 0.15) is 10.3 Å². The Morgan fingerprint density at radius 3 is 2.00 bits per heavy atom. The largest absolute Gasteiger partial charge is 0.324 e. The summed E-state index contributed by atoms with van der Waals surface area (Å²) >= 11 is 11.8. The molecule has 2 fully saturated rings. The molecule has 2 N–H and O–H groups in total. The summed E-state index contributed by atoms with van der Waals surface area (Å²) in [5, 5.41) is 0.932. The fourth-order valence-corrected chi connectivity index (χ4v) is 3.01. The molecule has 15 heavy (non-hydrogen) atoms. The van der Waals surface area contributed by atoms with Gasteiger partial charge in [0.2, 0.25) is 0 Å². The zero-order valence-electron chi connectivity index (χ0n) is 8.26. The van der Waals surface area contributed by atoms with E-state index in [1.807, 2.05) is 12.1 Å².